The highest BCUT2D eigenvalue weighted by Crippen LogP contribution is 2.27. The quantitative estimate of drug-likeness (QED) is 0.601. The highest BCUT2D eigenvalue weighted by atomic mass is 16.5. The Bertz CT molecular complexity index is 1170. The van der Waals surface area contributed by atoms with Crippen LogP contribution in [0.2, 0.25) is 0 Å². The van der Waals surface area contributed by atoms with Crippen LogP contribution in [0.4, 0.5) is 0 Å². The van der Waals surface area contributed by atoms with E-state index in [1.807, 2.05) is 18.2 Å². The second-order valence-corrected chi connectivity index (χ2v) is 6.46. The highest BCUT2D eigenvalue weighted by Gasteiger charge is 2.20. The molecule has 0 atom stereocenters. The summed E-state index contributed by atoms with van der Waals surface area (Å²) in [5.41, 5.74) is 0.982. The monoisotopic (exact) mass is 408 g/mol. The maximum atomic E-state index is 12.8. The van der Waals surface area contributed by atoms with Crippen LogP contribution in [0, 0.1) is 6.92 Å². The van der Waals surface area contributed by atoms with E-state index in [0.29, 0.717) is 16.9 Å². The molecular formula is C22H20N2O6. The second kappa shape index (κ2) is 9.04. The lowest BCUT2D eigenvalue weighted by atomic mass is 10.0. The number of hydrogen-bond donors (Lipinski definition) is 2. The van der Waals surface area contributed by atoms with E-state index in [1.165, 1.54) is 13.1 Å². The molecule has 2 N–H and O–H groups in total. The van der Waals surface area contributed by atoms with Gasteiger partial charge in [0.1, 0.15) is 11.3 Å². The van der Waals surface area contributed by atoms with E-state index >= 15 is 0 Å². The number of para-hydroxylation sites is 1. The SMILES string of the molecule is CNC(=O)CNC(=O)COC(=O)c1cccc2c(=O)c(C)c(-c3ccccc3)oc12. The van der Waals surface area contributed by atoms with Crippen molar-refractivity contribution in [3.05, 3.63) is 69.9 Å². The number of amides is 2. The van der Waals surface area contributed by atoms with Gasteiger partial charge in [-0.15, -0.1) is 0 Å². The third-order valence-corrected chi connectivity index (χ3v) is 4.46. The minimum atomic E-state index is -0.818. The number of likely N-dealkylation sites (N-methyl/N-ethyl adjacent to an activating group) is 1. The van der Waals surface area contributed by atoms with Crippen LogP contribution in [0.1, 0.15) is 15.9 Å². The van der Waals surface area contributed by atoms with Gasteiger partial charge in [0.15, 0.2) is 17.6 Å². The zero-order chi connectivity index (χ0) is 21.7. The van der Waals surface area contributed by atoms with Crippen molar-refractivity contribution in [2.45, 2.75) is 6.92 Å². The van der Waals surface area contributed by atoms with Crippen molar-refractivity contribution < 1.29 is 23.5 Å². The molecule has 3 aromatic rings. The van der Waals surface area contributed by atoms with Gasteiger partial charge in [0, 0.05) is 18.2 Å². The van der Waals surface area contributed by atoms with Crippen LogP contribution in [-0.4, -0.2) is 38.0 Å². The van der Waals surface area contributed by atoms with E-state index in [4.69, 9.17) is 9.15 Å². The molecule has 1 heterocycles. The molecule has 0 fully saturated rings. The summed E-state index contributed by atoms with van der Waals surface area (Å²) in [5, 5.41) is 4.92. The van der Waals surface area contributed by atoms with Gasteiger partial charge in [-0.25, -0.2) is 4.79 Å². The fourth-order valence-electron chi connectivity index (χ4n) is 2.86. The summed E-state index contributed by atoms with van der Waals surface area (Å²) < 4.78 is 11.0. The Hall–Kier alpha value is -3.94. The maximum absolute atomic E-state index is 12.8. The number of benzene rings is 2. The average molecular weight is 408 g/mol. The van der Waals surface area contributed by atoms with Crippen LogP contribution >= 0.6 is 0 Å². The van der Waals surface area contributed by atoms with Crippen molar-refractivity contribution in [1.82, 2.24) is 10.6 Å². The normalized spacial score (nSPS) is 10.5. The van der Waals surface area contributed by atoms with Gasteiger partial charge in [0.25, 0.3) is 5.91 Å². The Morgan fingerprint density at radius 2 is 1.73 bits per heavy atom. The molecule has 2 aromatic carbocycles. The summed E-state index contributed by atoms with van der Waals surface area (Å²) in [4.78, 5) is 48.3. The number of hydrogen-bond acceptors (Lipinski definition) is 6. The molecule has 0 bridgehead atoms. The molecule has 0 spiro atoms. The molecule has 154 valence electrons. The van der Waals surface area contributed by atoms with Gasteiger partial charge in [-0.1, -0.05) is 36.4 Å². The van der Waals surface area contributed by atoms with E-state index in [2.05, 4.69) is 10.6 Å². The minimum absolute atomic E-state index is 0.0286. The summed E-state index contributed by atoms with van der Waals surface area (Å²) in [5.74, 6) is -1.47. The molecule has 8 nitrogen and oxygen atoms in total. The van der Waals surface area contributed by atoms with Crippen molar-refractivity contribution in [3.63, 3.8) is 0 Å². The third kappa shape index (κ3) is 4.38. The van der Waals surface area contributed by atoms with Gasteiger partial charge < -0.3 is 19.8 Å². The Morgan fingerprint density at radius 1 is 1.00 bits per heavy atom. The maximum Gasteiger partial charge on any atom is 0.342 e. The molecule has 30 heavy (non-hydrogen) atoms. The fourth-order valence-corrected chi connectivity index (χ4v) is 2.86. The standard InChI is InChI=1S/C22H20N2O6/c1-13-19(27)15-9-6-10-16(21(15)30-20(13)14-7-4-3-5-8-14)22(28)29-12-18(26)24-11-17(25)23-2/h3-10H,11-12H2,1-2H3,(H,23,25)(H,24,26). The van der Waals surface area contributed by atoms with Crippen LogP contribution in [0.25, 0.3) is 22.3 Å². The van der Waals surface area contributed by atoms with E-state index in [-0.39, 0.29) is 34.4 Å². The fraction of sp³-hybridized carbons (Fsp3) is 0.182. The summed E-state index contributed by atoms with van der Waals surface area (Å²) >= 11 is 0. The third-order valence-electron chi connectivity index (χ3n) is 4.46. The van der Waals surface area contributed by atoms with Gasteiger partial charge in [-0.3, -0.25) is 14.4 Å². The predicted molar refractivity (Wildman–Crippen MR) is 110 cm³/mol. The smallest absolute Gasteiger partial charge is 0.342 e. The van der Waals surface area contributed by atoms with Gasteiger partial charge in [-0.2, -0.15) is 0 Å². The molecule has 1 aromatic heterocycles. The largest absolute Gasteiger partial charge is 0.455 e. The minimum Gasteiger partial charge on any atom is -0.455 e. The van der Waals surface area contributed by atoms with E-state index < -0.39 is 18.5 Å². The van der Waals surface area contributed by atoms with Gasteiger partial charge in [0.05, 0.1) is 11.9 Å². The van der Waals surface area contributed by atoms with Gasteiger partial charge in [-0.05, 0) is 19.1 Å². The second-order valence-electron chi connectivity index (χ2n) is 6.46. The summed E-state index contributed by atoms with van der Waals surface area (Å²) in [6, 6.07) is 13.6. The number of fused-ring (bicyclic) bond motifs is 1. The molecule has 0 saturated carbocycles. The van der Waals surface area contributed by atoms with Crippen molar-refractivity contribution in [2.75, 3.05) is 20.2 Å². The van der Waals surface area contributed by atoms with Crippen LogP contribution in [-0.2, 0) is 14.3 Å². The first-order chi connectivity index (χ1) is 14.4. The number of esters is 1. The molecule has 0 unspecified atom stereocenters. The zero-order valence-corrected chi connectivity index (χ0v) is 16.5. The lowest BCUT2D eigenvalue weighted by molar-refractivity contribution is -0.127. The van der Waals surface area contributed by atoms with E-state index in [1.54, 1.807) is 31.2 Å². The first-order valence-electron chi connectivity index (χ1n) is 9.18. The van der Waals surface area contributed by atoms with Crippen LogP contribution in [0.15, 0.2) is 57.7 Å². The molecule has 3 rings (SSSR count). The van der Waals surface area contributed by atoms with Crippen LogP contribution in [0.3, 0.4) is 0 Å². The number of carbonyl (C=O) groups is 3. The van der Waals surface area contributed by atoms with Crippen LogP contribution in [0.5, 0.6) is 0 Å². The number of carbonyl (C=O) groups excluding carboxylic acids is 3. The van der Waals surface area contributed by atoms with Crippen molar-refractivity contribution >= 4 is 28.8 Å². The van der Waals surface area contributed by atoms with Crippen LogP contribution < -0.4 is 16.1 Å². The number of rotatable bonds is 6. The van der Waals surface area contributed by atoms with Crippen molar-refractivity contribution in [2.24, 2.45) is 0 Å². The first-order valence-corrected chi connectivity index (χ1v) is 9.18. The molecule has 8 heteroatoms. The Labute approximate surface area is 171 Å². The summed E-state index contributed by atoms with van der Waals surface area (Å²) in [6.45, 7) is 0.860. The van der Waals surface area contributed by atoms with E-state index in [0.717, 1.165) is 0 Å². The number of ether oxygens (including phenoxy) is 1. The molecule has 2 amide bonds. The molecular weight excluding hydrogens is 388 g/mol. The molecule has 0 radical (unpaired) electrons. The lowest BCUT2D eigenvalue weighted by Crippen LogP contribution is -2.37. The Kier molecular flexibility index (Phi) is 6.26. The topological polar surface area (TPSA) is 115 Å². The molecule has 0 aliphatic carbocycles. The summed E-state index contributed by atoms with van der Waals surface area (Å²) in [6.07, 6.45) is 0. The number of nitrogens with one attached hydrogen (secondary N) is 2. The Balaban J connectivity index is 1.90. The molecule has 0 saturated heterocycles. The van der Waals surface area contributed by atoms with Crippen molar-refractivity contribution in [1.29, 1.82) is 0 Å². The van der Waals surface area contributed by atoms with Gasteiger partial charge >= 0.3 is 5.97 Å². The zero-order valence-electron chi connectivity index (χ0n) is 16.5. The van der Waals surface area contributed by atoms with Crippen molar-refractivity contribution in [3.8, 4) is 11.3 Å². The lowest BCUT2D eigenvalue weighted by Gasteiger charge is -2.10. The summed E-state index contributed by atoms with van der Waals surface area (Å²) in [7, 11) is 1.44. The molecule has 0 aliphatic heterocycles. The average Bonchev–Trinajstić information content (AvgIpc) is 2.78. The molecule has 0 aliphatic rings. The highest BCUT2D eigenvalue weighted by molar-refractivity contribution is 6.03. The Morgan fingerprint density at radius 3 is 2.43 bits per heavy atom. The first kappa shape index (κ1) is 20.8. The predicted octanol–water partition coefficient (Wildman–Crippen LogP) is 1.79. The van der Waals surface area contributed by atoms with Gasteiger partial charge in [0.2, 0.25) is 5.91 Å². The van der Waals surface area contributed by atoms with E-state index in [9.17, 15) is 19.2 Å².